The first-order valence-corrected chi connectivity index (χ1v) is 7.43. The van der Waals surface area contributed by atoms with Crippen LogP contribution in [0.25, 0.3) is 0 Å². The first-order chi connectivity index (χ1) is 7.75. The van der Waals surface area contributed by atoms with Crippen molar-refractivity contribution in [1.82, 2.24) is 10.2 Å². The minimum Gasteiger partial charge on any atom is -0.341 e. The van der Waals surface area contributed by atoms with Gasteiger partial charge in [-0.25, -0.2) is 0 Å². The smallest absolute Gasteiger partial charge is 0.222 e. The molecular formula is C12H23ClN2OS. The summed E-state index contributed by atoms with van der Waals surface area (Å²) >= 11 is 1.98. The highest BCUT2D eigenvalue weighted by Gasteiger charge is 2.22. The minimum absolute atomic E-state index is 0. The Labute approximate surface area is 114 Å². The second kappa shape index (κ2) is 7.49. The summed E-state index contributed by atoms with van der Waals surface area (Å²) in [6.07, 6.45) is 4.28. The average Bonchev–Trinajstić information content (AvgIpc) is 2.78. The quantitative estimate of drug-likeness (QED) is 0.856. The highest BCUT2D eigenvalue weighted by molar-refractivity contribution is 7.99. The molecular weight excluding hydrogens is 256 g/mol. The van der Waals surface area contributed by atoms with Gasteiger partial charge >= 0.3 is 0 Å². The first kappa shape index (κ1) is 15.1. The number of carbonyl (C=O) groups is 1. The summed E-state index contributed by atoms with van der Waals surface area (Å²) in [7, 11) is 0. The van der Waals surface area contributed by atoms with Crippen LogP contribution in [0.5, 0.6) is 0 Å². The Kier molecular flexibility index (Phi) is 6.67. The maximum Gasteiger partial charge on any atom is 0.222 e. The summed E-state index contributed by atoms with van der Waals surface area (Å²) in [5.41, 5.74) is 0. The van der Waals surface area contributed by atoms with E-state index in [1.807, 2.05) is 11.8 Å². The number of halogens is 1. The fraction of sp³-hybridized carbons (Fsp3) is 0.917. The molecule has 0 aliphatic carbocycles. The number of hydrogen-bond acceptors (Lipinski definition) is 3. The predicted molar refractivity (Wildman–Crippen MR) is 76.0 cm³/mol. The van der Waals surface area contributed by atoms with Gasteiger partial charge < -0.3 is 10.2 Å². The Bertz CT molecular complexity index is 247. The molecule has 2 aliphatic rings. The van der Waals surface area contributed by atoms with Gasteiger partial charge in [-0.1, -0.05) is 6.92 Å². The zero-order valence-corrected chi connectivity index (χ0v) is 12.1. The molecule has 2 rings (SSSR count). The van der Waals surface area contributed by atoms with Gasteiger partial charge in [-0.3, -0.25) is 4.79 Å². The summed E-state index contributed by atoms with van der Waals surface area (Å²) in [6.45, 7) is 5.24. The van der Waals surface area contributed by atoms with Crippen LogP contribution in [0.2, 0.25) is 0 Å². The van der Waals surface area contributed by atoms with Crippen molar-refractivity contribution in [3.05, 3.63) is 0 Å². The van der Waals surface area contributed by atoms with Crippen LogP contribution < -0.4 is 5.32 Å². The molecule has 0 aromatic heterocycles. The van der Waals surface area contributed by atoms with E-state index in [1.54, 1.807) is 0 Å². The van der Waals surface area contributed by atoms with E-state index in [-0.39, 0.29) is 12.4 Å². The van der Waals surface area contributed by atoms with Crippen molar-refractivity contribution in [2.24, 2.45) is 0 Å². The number of nitrogens with one attached hydrogen (secondary N) is 1. The molecule has 0 aromatic carbocycles. The highest BCUT2D eigenvalue weighted by atomic mass is 35.5. The first-order valence-electron chi connectivity index (χ1n) is 6.38. The van der Waals surface area contributed by atoms with Crippen LogP contribution in [-0.2, 0) is 4.79 Å². The van der Waals surface area contributed by atoms with E-state index in [0.717, 1.165) is 38.2 Å². The third-order valence-electron chi connectivity index (χ3n) is 3.46. The lowest BCUT2D eigenvalue weighted by Gasteiger charge is -2.31. The topological polar surface area (TPSA) is 32.3 Å². The SMILES string of the molecule is CC1CN(C(=O)CCC2CCCN2)CCS1.Cl. The second-order valence-electron chi connectivity index (χ2n) is 4.85. The maximum absolute atomic E-state index is 12.0. The van der Waals surface area contributed by atoms with E-state index in [4.69, 9.17) is 0 Å². The van der Waals surface area contributed by atoms with Gasteiger partial charge in [-0.15, -0.1) is 12.4 Å². The van der Waals surface area contributed by atoms with Gasteiger partial charge in [0.15, 0.2) is 0 Å². The van der Waals surface area contributed by atoms with E-state index < -0.39 is 0 Å². The van der Waals surface area contributed by atoms with Crippen molar-refractivity contribution in [2.45, 2.75) is 43.9 Å². The Morgan fingerprint density at radius 1 is 1.53 bits per heavy atom. The molecule has 2 aliphatic heterocycles. The number of hydrogen-bond donors (Lipinski definition) is 1. The fourth-order valence-electron chi connectivity index (χ4n) is 2.50. The number of rotatable bonds is 3. The van der Waals surface area contributed by atoms with Gasteiger partial charge in [0, 0.05) is 36.6 Å². The Morgan fingerprint density at radius 2 is 2.35 bits per heavy atom. The number of carbonyl (C=O) groups excluding carboxylic acids is 1. The Hall–Kier alpha value is 0.0700. The maximum atomic E-state index is 12.0. The molecule has 17 heavy (non-hydrogen) atoms. The number of amides is 1. The lowest BCUT2D eigenvalue weighted by molar-refractivity contribution is -0.131. The van der Waals surface area contributed by atoms with Gasteiger partial charge in [0.05, 0.1) is 0 Å². The molecule has 0 aromatic rings. The standard InChI is InChI=1S/C12H22N2OS.ClH/c1-10-9-14(7-8-16-10)12(15)5-4-11-3-2-6-13-11;/h10-11,13H,2-9H2,1H3;1H. The molecule has 2 fully saturated rings. The molecule has 0 spiro atoms. The molecule has 5 heteroatoms. The molecule has 2 saturated heterocycles. The average molecular weight is 279 g/mol. The Balaban J connectivity index is 0.00000144. The van der Waals surface area contributed by atoms with E-state index in [2.05, 4.69) is 17.1 Å². The Morgan fingerprint density at radius 3 is 3.00 bits per heavy atom. The van der Waals surface area contributed by atoms with Gasteiger partial charge in [0.1, 0.15) is 0 Å². The van der Waals surface area contributed by atoms with Crippen LogP contribution in [0.3, 0.4) is 0 Å². The number of nitrogens with zero attached hydrogens (tertiary/aromatic N) is 1. The van der Waals surface area contributed by atoms with E-state index in [9.17, 15) is 4.79 Å². The van der Waals surface area contributed by atoms with E-state index >= 15 is 0 Å². The molecule has 1 N–H and O–H groups in total. The van der Waals surface area contributed by atoms with Crippen molar-refractivity contribution in [2.75, 3.05) is 25.4 Å². The molecule has 1 amide bonds. The highest BCUT2D eigenvalue weighted by Crippen LogP contribution is 2.19. The number of thioether (sulfide) groups is 1. The summed E-state index contributed by atoms with van der Waals surface area (Å²) in [4.78, 5) is 14.0. The lowest BCUT2D eigenvalue weighted by Crippen LogP contribution is -2.41. The summed E-state index contributed by atoms with van der Waals surface area (Å²) in [5.74, 6) is 1.47. The molecule has 100 valence electrons. The predicted octanol–water partition coefficient (Wildman–Crippen LogP) is 1.90. The van der Waals surface area contributed by atoms with E-state index in [0.29, 0.717) is 17.2 Å². The second-order valence-corrected chi connectivity index (χ2v) is 6.40. The van der Waals surface area contributed by atoms with Gasteiger partial charge in [0.2, 0.25) is 5.91 Å². The molecule has 2 atom stereocenters. The van der Waals surface area contributed by atoms with Crippen molar-refractivity contribution in [1.29, 1.82) is 0 Å². The normalized spacial score (nSPS) is 28.9. The van der Waals surface area contributed by atoms with Crippen LogP contribution >= 0.6 is 24.2 Å². The van der Waals surface area contributed by atoms with Crippen LogP contribution in [0.1, 0.15) is 32.6 Å². The van der Waals surface area contributed by atoms with Crippen molar-refractivity contribution in [3.8, 4) is 0 Å². The summed E-state index contributed by atoms with van der Waals surface area (Å²) < 4.78 is 0. The third-order valence-corrected chi connectivity index (χ3v) is 4.60. The van der Waals surface area contributed by atoms with Gasteiger partial charge in [-0.05, 0) is 25.8 Å². The zero-order valence-electron chi connectivity index (χ0n) is 10.5. The van der Waals surface area contributed by atoms with Crippen LogP contribution in [0.15, 0.2) is 0 Å². The van der Waals surface area contributed by atoms with Crippen molar-refractivity contribution in [3.63, 3.8) is 0 Å². The molecule has 0 radical (unpaired) electrons. The third kappa shape index (κ3) is 4.68. The summed E-state index contributed by atoms with van der Waals surface area (Å²) in [5, 5.41) is 4.06. The molecule has 0 bridgehead atoms. The van der Waals surface area contributed by atoms with Crippen LogP contribution in [0, 0.1) is 0 Å². The molecule has 2 unspecified atom stereocenters. The monoisotopic (exact) mass is 278 g/mol. The molecule has 2 heterocycles. The van der Waals surface area contributed by atoms with Crippen LogP contribution in [0.4, 0.5) is 0 Å². The zero-order chi connectivity index (χ0) is 11.4. The summed E-state index contributed by atoms with van der Waals surface area (Å²) in [6, 6.07) is 0.598. The van der Waals surface area contributed by atoms with E-state index in [1.165, 1.54) is 12.8 Å². The van der Waals surface area contributed by atoms with Crippen molar-refractivity contribution >= 4 is 30.1 Å². The van der Waals surface area contributed by atoms with Crippen LogP contribution in [-0.4, -0.2) is 47.5 Å². The molecule has 0 saturated carbocycles. The minimum atomic E-state index is 0. The lowest BCUT2D eigenvalue weighted by atomic mass is 10.1. The van der Waals surface area contributed by atoms with Gasteiger partial charge in [0.25, 0.3) is 0 Å². The molecule has 3 nitrogen and oxygen atoms in total. The largest absolute Gasteiger partial charge is 0.341 e. The van der Waals surface area contributed by atoms with Crippen molar-refractivity contribution < 1.29 is 4.79 Å². The van der Waals surface area contributed by atoms with Gasteiger partial charge in [-0.2, -0.15) is 11.8 Å². The fourth-order valence-corrected chi connectivity index (χ4v) is 3.52.